The SMILES string of the molecule is CC1Cc2ccccc2N1C(=O)c1ccnc(Nc2ccc(F)c(F)c2F)n1. The number of carbonyl (C=O) groups excluding carboxylic acids is 1. The van der Waals surface area contributed by atoms with Crippen LogP contribution in [0.1, 0.15) is 23.0 Å². The summed E-state index contributed by atoms with van der Waals surface area (Å²) >= 11 is 0. The maximum atomic E-state index is 13.9. The average molecular weight is 384 g/mol. The van der Waals surface area contributed by atoms with Crippen molar-refractivity contribution in [3.8, 4) is 0 Å². The Morgan fingerprint density at radius 3 is 2.71 bits per heavy atom. The molecule has 1 unspecified atom stereocenters. The van der Waals surface area contributed by atoms with E-state index in [4.69, 9.17) is 0 Å². The highest BCUT2D eigenvalue weighted by atomic mass is 19.2. The minimum absolute atomic E-state index is 0.0417. The number of anilines is 3. The smallest absolute Gasteiger partial charge is 0.277 e. The molecule has 0 saturated heterocycles. The van der Waals surface area contributed by atoms with Crippen molar-refractivity contribution < 1.29 is 18.0 Å². The molecule has 0 fully saturated rings. The van der Waals surface area contributed by atoms with E-state index in [2.05, 4.69) is 15.3 Å². The third kappa shape index (κ3) is 3.06. The number of amides is 1. The van der Waals surface area contributed by atoms with E-state index in [9.17, 15) is 18.0 Å². The quantitative estimate of drug-likeness (QED) is 0.687. The molecule has 1 aliphatic heterocycles. The maximum absolute atomic E-state index is 13.9. The van der Waals surface area contributed by atoms with Crippen molar-refractivity contribution in [1.82, 2.24) is 9.97 Å². The minimum Gasteiger partial charge on any atom is -0.322 e. The Bertz CT molecular complexity index is 1070. The van der Waals surface area contributed by atoms with E-state index in [0.717, 1.165) is 29.8 Å². The fourth-order valence-electron chi connectivity index (χ4n) is 3.28. The van der Waals surface area contributed by atoms with Crippen LogP contribution in [-0.4, -0.2) is 21.9 Å². The van der Waals surface area contributed by atoms with E-state index in [1.807, 2.05) is 31.2 Å². The molecule has 0 radical (unpaired) electrons. The summed E-state index contributed by atoms with van der Waals surface area (Å²) in [4.78, 5) is 22.7. The van der Waals surface area contributed by atoms with Gasteiger partial charge in [-0.05, 0) is 43.2 Å². The molecule has 5 nitrogen and oxygen atoms in total. The second-order valence-electron chi connectivity index (χ2n) is 6.47. The van der Waals surface area contributed by atoms with Gasteiger partial charge >= 0.3 is 0 Å². The number of halogens is 3. The molecule has 0 aliphatic carbocycles. The fraction of sp³-hybridized carbons (Fsp3) is 0.150. The third-order valence-electron chi connectivity index (χ3n) is 4.58. The van der Waals surface area contributed by atoms with Crippen molar-refractivity contribution in [2.75, 3.05) is 10.2 Å². The highest BCUT2D eigenvalue weighted by Gasteiger charge is 2.32. The molecule has 0 spiro atoms. The molecule has 2 heterocycles. The van der Waals surface area contributed by atoms with Crippen LogP contribution in [0.15, 0.2) is 48.7 Å². The number of benzene rings is 2. The van der Waals surface area contributed by atoms with Crippen LogP contribution in [0.3, 0.4) is 0 Å². The number of rotatable bonds is 3. The Hall–Kier alpha value is -3.42. The lowest BCUT2D eigenvalue weighted by Crippen LogP contribution is -2.36. The molecule has 142 valence electrons. The minimum atomic E-state index is -1.60. The Kier molecular flexibility index (Phi) is 4.46. The second-order valence-corrected chi connectivity index (χ2v) is 6.47. The summed E-state index contributed by atoms with van der Waals surface area (Å²) in [5.74, 6) is -4.71. The van der Waals surface area contributed by atoms with Crippen LogP contribution in [0.25, 0.3) is 0 Å². The van der Waals surface area contributed by atoms with Gasteiger partial charge in [0.1, 0.15) is 5.69 Å². The Balaban J connectivity index is 1.63. The number of nitrogens with zero attached hydrogens (tertiary/aromatic N) is 3. The normalized spacial score (nSPS) is 15.4. The van der Waals surface area contributed by atoms with Crippen molar-refractivity contribution in [2.45, 2.75) is 19.4 Å². The molecule has 28 heavy (non-hydrogen) atoms. The van der Waals surface area contributed by atoms with Gasteiger partial charge in [0, 0.05) is 17.9 Å². The molecule has 1 atom stereocenters. The zero-order chi connectivity index (χ0) is 19.8. The summed E-state index contributed by atoms with van der Waals surface area (Å²) in [5.41, 5.74) is 1.66. The van der Waals surface area contributed by atoms with Gasteiger partial charge < -0.3 is 10.2 Å². The first-order chi connectivity index (χ1) is 13.5. The molecule has 0 saturated carbocycles. The Labute approximate surface area is 158 Å². The van der Waals surface area contributed by atoms with Gasteiger partial charge in [-0.2, -0.15) is 0 Å². The molecule has 3 aromatic rings. The van der Waals surface area contributed by atoms with Gasteiger partial charge in [0.15, 0.2) is 17.5 Å². The monoisotopic (exact) mass is 384 g/mol. The second kappa shape index (κ2) is 6.95. The lowest BCUT2D eigenvalue weighted by molar-refractivity contribution is 0.0976. The molecular weight excluding hydrogens is 369 g/mol. The molecule has 1 amide bonds. The zero-order valence-electron chi connectivity index (χ0n) is 14.8. The fourth-order valence-corrected chi connectivity index (χ4v) is 3.28. The summed E-state index contributed by atoms with van der Waals surface area (Å²) in [6.07, 6.45) is 2.07. The summed E-state index contributed by atoms with van der Waals surface area (Å²) < 4.78 is 40.3. The van der Waals surface area contributed by atoms with Crippen LogP contribution in [0, 0.1) is 17.5 Å². The van der Waals surface area contributed by atoms with Crippen LogP contribution in [0.4, 0.5) is 30.5 Å². The first kappa shape index (κ1) is 18.0. The van der Waals surface area contributed by atoms with E-state index >= 15 is 0 Å². The first-order valence-electron chi connectivity index (χ1n) is 8.60. The molecule has 8 heteroatoms. The molecular formula is C20H15F3N4O. The van der Waals surface area contributed by atoms with Crippen molar-refractivity contribution in [3.05, 3.63) is 77.4 Å². The van der Waals surface area contributed by atoms with Crippen molar-refractivity contribution in [3.63, 3.8) is 0 Å². The standard InChI is InChI=1S/C20H15F3N4O/c1-11-10-12-4-2-3-5-16(12)27(11)19(28)15-8-9-24-20(26-15)25-14-7-6-13(21)17(22)18(14)23/h2-9,11H,10H2,1H3,(H,24,25,26). The molecule has 4 rings (SSSR count). The van der Waals surface area contributed by atoms with E-state index in [1.54, 1.807) is 4.90 Å². The number of hydrogen-bond acceptors (Lipinski definition) is 4. The lowest BCUT2D eigenvalue weighted by Gasteiger charge is -2.22. The van der Waals surface area contributed by atoms with E-state index < -0.39 is 17.5 Å². The van der Waals surface area contributed by atoms with Gasteiger partial charge in [-0.25, -0.2) is 23.1 Å². The molecule has 1 N–H and O–H groups in total. The van der Waals surface area contributed by atoms with Gasteiger partial charge in [-0.1, -0.05) is 18.2 Å². The summed E-state index contributed by atoms with van der Waals surface area (Å²) in [7, 11) is 0. The summed E-state index contributed by atoms with van der Waals surface area (Å²) in [6.45, 7) is 1.94. The van der Waals surface area contributed by atoms with E-state index in [0.29, 0.717) is 0 Å². The van der Waals surface area contributed by atoms with Gasteiger partial charge in [0.2, 0.25) is 5.95 Å². The summed E-state index contributed by atoms with van der Waals surface area (Å²) in [5, 5.41) is 2.48. The molecule has 0 bridgehead atoms. The maximum Gasteiger partial charge on any atom is 0.277 e. The van der Waals surface area contributed by atoms with E-state index in [-0.39, 0.29) is 29.3 Å². The first-order valence-corrected chi connectivity index (χ1v) is 8.60. The topological polar surface area (TPSA) is 58.1 Å². The lowest BCUT2D eigenvalue weighted by atomic mass is 10.1. The van der Waals surface area contributed by atoms with Gasteiger partial charge in [-0.3, -0.25) is 4.79 Å². The van der Waals surface area contributed by atoms with Gasteiger partial charge in [-0.15, -0.1) is 0 Å². The molecule has 1 aliphatic rings. The van der Waals surface area contributed by atoms with Crippen molar-refractivity contribution in [1.29, 1.82) is 0 Å². The van der Waals surface area contributed by atoms with Crippen molar-refractivity contribution >= 4 is 23.2 Å². The number of fused-ring (bicyclic) bond motifs is 1. The molecule has 2 aromatic carbocycles. The number of aromatic nitrogens is 2. The Morgan fingerprint density at radius 1 is 1.11 bits per heavy atom. The average Bonchev–Trinajstić information content (AvgIpc) is 3.04. The number of para-hydroxylation sites is 1. The van der Waals surface area contributed by atoms with Gasteiger partial charge in [0.05, 0.1) is 5.69 Å². The largest absolute Gasteiger partial charge is 0.322 e. The van der Waals surface area contributed by atoms with Gasteiger partial charge in [0.25, 0.3) is 5.91 Å². The highest BCUT2D eigenvalue weighted by molar-refractivity contribution is 6.06. The summed E-state index contributed by atoms with van der Waals surface area (Å²) in [6, 6.07) is 10.8. The van der Waals surface area contributed by atoms with Crippen LogP contribution in [0.5, 0.6) is 0 Å². The third-order valence-corrected chi connectivity index (χ3v) is 4.58. The number of hydrogen-bond donors (Lipinski definition) is 1. The predicted octanol–water partition coefficient (Wildman–Crippen LogP) is 4.23. The van der Waals surface area contributed by atoms with Crippen molar-refractivity contribution in [2.24, 2.45) is 0 Å². The number of carbonyl (C=O) groups is 1. The van der Waals surface area contributed by atoms with Crippen LogP contribution < -0.4 is 10.2 Å². The molecule has 1 aromatic heterocycles. The Morgan fingerprint density at radius 2 is 1.89 bits per heavy atom. The van der Waals surface area contributed by atoms with Crippen LogP contribution in [0.2, 0.25) is 0 Å². The highest BCUT2D eigenvalue weighted by Crippen LogP contribution is 2.33. The predicted molar refractivity (Wildman–Crippen MR) is 98.0 cm³/mol. The van der Waals surface area contributed by atoms with Crippen LogP contribution >= 0.6 is 0 Å². The van der Waals surface area contributed by atoms with E-state index in [1.165, 1.54) is 12.3 Å². The number of nitrogens with one attached hydrogen (secondary N) is 1. The van der Waals surface area contributed by atoms with Crippen LogP contribution in [-0.2, 0) is 6.42 Å². The zero-order valence-corrected chi connectivity index (χ0v) is 14.8.